The highest BCUT2D eigenvalue weighted by Gasteiger charge is 2.39. The number of amides is 1. The molecule has 1 amide bonds. The number of ether oxygens (including phenoxy) is 1. The van der Waals surface area contributed by atoms with Crippen molar-refractivity contribution in [2.24, 2.45) is 5.92 Å². The summed E-state index contributed by atoms with van der Waals surface area (Å²) in [5.41, 5.74) is 0.206. The molecule has 1 saturated heterocycles. The molecule has 2 unspecified atom stereocenters. The smallest absolute Gasteiger partial charge is 0.308 e. The van der Waals surface area contributed by atoms with Gasteiger partial charge in [-0.15, -0.1) is 0 Å². The van der Waals surface area contributed by atoms with Crippen LogP contribution in [0.2, 0.25) is 0 Å². The van der Waals surface area contributed by atoms with Gasteiger partial charge in [-0.3, -0.25) is 9.59 Å². The van der Waals surface area contributed by atoms with E-state index in [1.165, 1.54) is 6.20 Å². The average molecular weight is 290 g/mol. The number of carboxylic acid groups (broad SMARTS) is 1. The second kappa shape index (κ2) is 6.39. The first-order valence-corrected chi connectivity index (χ1v) is 6.78. The fourth-order valence-corrected chi connectivity index (χ4v) is 2.51. The number of carbonyl (C=O) groups is 2. The lowest BCUT2D eigenvalue weighted by atomic mass is 10.0. The van der Waals surface area contributed by atoms with Crippen LogP contribution in [0.15, 0.2) is 31.0 Å². The van der Waals surface area contributed by atoms with E-state index in [0.717, 1.165) is 0 Å². The van der Waals surface area contributed by atoms with Crippen LogP contribution in [0.4, 0.5) is 0 Å². The lowest BCUT2D eigenvalue weighted by molar-refractivity contribution is -0.142. The molecular weight excluding hydrogens is 272 g/mol. The minimum atomic E-state index is -0.873. The second-order valence-electron chi connectivity index (χ2n) is 4.92. The molecule has 2 atom stereocenters. The largest absolute Gasteiger partial charge is 0.487 e. The molecule has 1 N–H and O–H groups in total. The van der Waals surface area contributed by atoms with Crippen molar-refractivity contribution in [1.82, 2.24) is 9.88 Å². The third kappa shape index (κ3) is 3.04. The van der Waals surface area contributed by atoms with Crippen LogP contribution in [0.1, 0.15) is 23.8 Å². The monoisotopic (exact) mass is 290 g/mol. The minimum Gasteiger partial charge on any atom is -0.487 e. The third-order valence-corrected chi connectivity index (χ3v) is 3.66. The van der Waals surface area contributed by atoms with Crippen LogP contribution in [-0.2, 0) is 4.79 Å². The summed E-state index contributed by atoms with van der Waals surface area (Å²) in [7, 11) is 0. The van der Waals surface area contributed by atoms with Gasteiger partial charge in [-0.1, -0.05) is 12.7 Å². The van der Waals surface area contributed by atoms with Crippen LogP contribution in [-0.4, -0.2) is 46.1 Å². The maximum atomic E-state index is 12.6. The molecule has 0 spiro atoms. The Morgan fingerprint density at radius 2 is 2.38 bits per heavy atom. The number of aromatic nitrogens is 1. The highest BCUT2D eigenvalue weighted by Crippen LogP contribution is 2.27. The van der Waals surface area contributed by atoms with Crippen LogP contribution in [0.3, 0.4) is 0 Å². The third-order valence-electron chi connectivity index (χ3n) is 3.66. The van der Waals surface area contributed by atoms with Gasteiger partial charge in [-0.05, 0) is 25.5 Å². The second-order valence-corrected chi connectivity index (χ2v) is 4.92. The van der Waals surface area contributed by atoms with Crippen LogP contribution in [0, 0.1) is 5.92 Å². The summed E-state index contributed by atoms with van der Waals surface area (Å²) in [4.78, 5) is 29.3. The first kappa shape index (κ1) is 15.0. The van der Waals surface area contributed by atoms with E-state index in [2.05, 4.69) is 11.6 Å². The topological polar surface area (TPSA) is 79.7 Å². The van der Waals surface area contributed by atoms with Gasteiger partial charge in [0.15, 0.2) is 11.4 Å². The number of likely N-dealkylation sites (tertiary alicyclic amines) is 1. The van der Waals surface area contributed by atoms with Gasteiger partial charge in [0, 0.05) is 18.8 Å². The van der Waals surface area contributed by atoms with Crippen LogP contribution in [0.25, 0.3) is 0 Å². The van der Waals surface area contributed by atoms with Crippen molar-refractivity contribution in [3.8, 4) is 5.75 Å². The molecule has 6 heteroatoms. The Morgan fingerprint density at radius 1 is 1.62 bits per heavy atom. The normalized spacial score (nSPS) is 21.1. The SMILES string of the molecule is C=CCOc1cccnc1C(=O)N1CCC(C(=O)O)C1C. The summed E-state index contributed by atoms with van der Waals surface area (Å²) in [5.74, 6) is -1.32. The fourth-order valence-electron chi connectivity index (χ4n) is 2.51. The van der Waals surface area contributed by atoms with Gasteiger partial charge in [-0.2, -0.15) is 0 Å². The summed E-state index contributed by atoms with van der Waals surface area (Å²) in [6, 6.07) is 2.99. The molecule has 1 aromatic rings. The van der Waals surface area contributed by atoms with E-state index in [-0.39, 0.29) is 24.2 Å². The predicted octanol–water partition coefficient (Wildman–Crippen LogP) is 1.58. The first-order valence-electron chi connectivity index (χ1n) is 6.78. The van der Waals surface area contributed by atoms with Crippen LogP contribution in [0.5, 0.6) is 5.75 Å². The Bertz CT molecular complexity index is 558. The van der Waals surface area contributed by atoms with Gasteiger partial charge in [0.25, 0.3) is 5.91 Å². The number of hydrogen-bond donors (Lipinski definition) is 1. The minimum absolute atomic E-state index is 0.206. The maximum Gasteiger partial charge on any atom is 0.308 e. The van der Waals surface area contributed by atoms with Crippen molar-refractivity contribution < 1.29 is 19.4 Å². The zero-order valence-electron chi connectivity index (χ0n) is 11.9. The molecule has 0 saturated carbocycles. The van der Waals surface area contributed by atoms with E-state index >= 15 is 0 Å². The Balaban J connectivity index is 2.21. The summed E-state index contributed by atoms with van der Waals surface area (Å²) in [5, 5.41) is 9.14. The molecule has 6 nitrogen and oxygen atoms in total. The molecule has 1 aliphatic heterocycles. The maximum absolute atomic E-state index is 12.6. The summed E-state index contributed by atoms with van der Waals surface area (Å²) in [6.07, 6.45) is 3.56. The lowest BCUT2D eigenvalue weighted by Crippen LogP contribution is -2.38. The quantitative estimate of drug-likeness (QED) is 0.833. The van der Waals surface area contributed by atoms with Crippen LogP contribution >= 0.6 is 0 Å². The van der Waals surface area contributed by atoms with Gasteiger partial charge in [0.2, 0.25) is 0 Å². The highest BCUT2D eigenvalue weighted by atomic mass is 16.5. The number of carboxylic acids is 1. The van der Waals surface area contributed by atoms with Gasteiger partial charge in [-0.25, -0.2) is 4.98 Å². The van der Waals surface area contributed by atoms with Crippen molar-refractivity contribution in [2.45, 2.75) is 19.4 Å². The molecule has 2 rings (SSSR count). The number of aliphatic carboxylic acids is 1. The number of hydrogen-bond acceptors (Lipinski definition) is 4. The Kier molecular flexibility index (Phi) is 4.57. The van der Waals surface area contributed by atoms with Gasteiger partial charge in [0.1, 0.15) is 6.61 Å². The van der Waals surface area contributed by atoms with Crippen molar-refractivity contribution in [2.75, 3.05) is 13.2 Å². The van der Waals surface area contributed by atoms with E-state index < -0.39 is 11.9 Å². The number of rotatable bonds is 5. The number of nitrogens with zero attached hydrogens (tertiary/aromatic N) is 2. The van der Waals surface area contributed by atoms with E-state index in [1.807, 2.05) is 0 Å². The lowest BCUT2D eigenvalue weighted by Gasteiger charge is -2.23. The number of carbonyl (C=O) groups excluding carboxylic acids is 1. The zero-order chi connectivity index (χ0) is 15.4. The van der Waals surface area contributed by atoms with Gasteiger partial charge in [0.05, 0.1) is 5.92 Å². The predicted molar refractivity (Wildman–Crippen MR) is 76.2 cm³/mol. The molecule has 112 valence electrons. The van der Waals surface area contributed by atoms with Crippen molar-refractivity contribution >= 4 is 11.9 Å². The zero-order valence-corrected chi connectivity index (χ0v) is 11.9. The van der Waals surface area contributed by atoms with E-state index in [0.29, 0.717) is 18.7 Å². The van der Waals surface area contributed by atoms with Crippen molar-refractivity contribution in [1.29, 1.82) is 0 Å². The van der Waals surface area contributed by atoms with E-state index in [1.54, 1.807) is 30.0 Å². The standard InChI is InChI=1S/C15H18N2O4/c1-3-9-21-12-5-4-7-16-13(12)14(18)17-8-6-11(10(17)2)15(19)20/h3-5,7,10-11H,1,6,8-9H2,2H3,(H,19,20). The Labute approximate surface area is 123 Å². The molecule has 1 fully saturated rings. The average Bonchev–Trinajstić information content (AvgIpc) is 2.86. The van der Waals surface area contributed by atoms with Gasteiger partial charge < -0.3 is 14.7 Å². The van der Waals surface area contributed by atoms with Crippen molar-refractivity contribution in [3.63, 3.8) is 0 Å². The number of pyridine rings is 1. The van der Waals surface area contributed by atoms with Crippen LogP contribution < -0.4 is 4.74 Å². The summed E-state index contributed by atoms with van der Waals surface area (Å²) >= 11 is 0. The molecule has 0 radical (unpaired) electrons. The Hall–Kier alpha value is -2.37. The van der Waals surface area contributed by atoms with Gasteiger partial charge >= 0.3 is 5.97 Å². The molecule has 0 aromatic carbocycles. The fraction of sp³-hybridized carbons (Fsp3) is 0.400. The molecule has 2 heterocycles. The molecule has 21 heavy (non-hydrogen) atoms. The van der Waals surface area contributed by atoms with Crippen molar-refractivity contribution in [3.05, 3.63) is 36.7 Å². The molecule has 0 aliphatic carbocycles. The van der Waals surface area contributed by atoms with E-state index in [4.69, 9.17) is 9.84 Å². The first-order chi connectivity index (χ1) is 10.1. The molecule has 0 bridgehead atoms. The summed E-state index contributed by atoms with van der Waals surface area (Å²) < 4.78 is 5.43. The summed E-state index contributed by atoms with van der Waals surface area (Å²) in [6.45, 7) is 6.00. The molecular formula is C15H18N2O4. The van der Waals surface area contributed by atoms with E-state index in [9.17, 15) is 9.59 Å². The highest BCUT2D eigenvalue weighted by molar-refractivity contribution is 5.95. The molecule has 1 aliphatic rings. The molecule has 1 aromatic heterocycles. The Morgan fingerprint density at radius 3 is 3.00 bits per heavy atom.